The minimum absolute atomic E-state index is 0.500. The molecular formula is C18H26N4O2S. The van der Waals surface area contributed by atoms with Crippen LogP contribution in [0.25, 0.3) is 0 Å². The first-order valence-corrected chi connectivity index (χ1v) is 9.15. The van der Waals surface area contributed by atoms with Crippen molar-refractivity contribution in [2.75, 3.05) is 27.4 Å². The second-order valence-electron chi connectivity index (χ2n) is 5.35. The predicted octanol–water partition coefficient (Wildman–Crippen LogP) is 2.60. The van der Waals surface area contributed by atoms with Crippen molar-refractivity contribution in [3.63, 3.8) is 0 Å². The highest BCUT2D eigenvalue weighted by Crippen LogP contribution is 2.16. The number of aliphatic imine (C=N–C) groups is 1. The molecular weight excluding hydrogens is 336 g/mol. The van der Waals surface area contributed by atoms with Gasteiger partial charge in [0, 0.05) is 42.7 Å². The Morgan fingerprint density at radius 1 is 1.12 bits per heavy atom. The molecule has 0 aliphatic rings. The molecule has 0 unspecified atom stereocenters. The third-order valence-corrected chi connectivity index (χ3v) is 4.74. The third-order valence-electron chi connectivity index (χ3n) is 3.51. The predicted molar refractivity (Wildman–Crippen MR) is 102 cm³/mol. The van der Waals surface area contributed by atoms with Crippen LogP contribution < -0.4 is 15.4 Å². The summed E-state index contributed by atoms with van der Waals surface area (Å²) in [5.41, 5.74) is 1.06. The Hall–Kier alpha value is -2.12. The molecule has 0 fully saturated rings. The topological polar surface area (TPSA) is 67.8 Å². The molecule has 0 amide bonds. The zero-order chi connectivity index (χ0) is 17.9. The SMILES string of the molecule is CCc1ccc(CNC(=NC)NCc2ccc(OCCOC)nc2)s1. The molecule has 6 nitrogen and oxygen atoms in total. The van der Waals surface area contributed by atoms with Crippen LogP contribution in [0.4, 0.5) is 0 Å². The third kappa shape index (κ3) is 6.72. The van der Waals surface area contributed by atoms with Gasteiger partial charge in [-0.2, -0.15) is 0 Å². The number of nitrogens with one attached hydrogen (secondary N) is 2. The van der Waals surface area contributed by atoms with E-state index in [1.807, 2.05) is 23.5 Å². The lowest BCUT2D eigenvalue weighted by Gasteiger charge is -2.11. The van der Waals surface area contributed by atoms with Crippen LogP contribution in [-0.4, -0.2) is 38.3 Å². The average molecular weight is 362 g/mol. The Bertz CT molecular complexity index is 655. The molecule has 0 aromatic carbocycles. The zero-order valence-corrected chi connectivity index (χ0v) is 15.9. The van der Waals surface area contributed by atoms with Crippen molar-refractivity contribution in [1.82, 2.24) is 15.6 Å². The molecule has 2 rings (SSSR count). The number of ether oxygens (including phenoxy) is 2. The van der Waals surface area contributed by atoms with Gasteiger partial charge in [-0.05, 0) is 24.1 Å². The van der Waals surface area contributed by atoms with E-state index in [0.717, 1.165) is 24.5 Å². The lowest BCUT2D eigenvalue weighted by atomic mass is 10.3. The van der Waals surface area contributed by atoms with Crippen LogP contribution in [0.2, 0.25) is 0 Å². The summed E-state index contributed by atoms with van der Waals surface area (Å²) in [7, 11) is 3.42. The minimum atomic E-state index is 0.500. The van der Waals surface area contributed by atoms with Crippen LogP contribution >= 0.6 is 11.3 Å². The summed E-state index contributed by atoms with van der Waals surface area (Å²) in [5.74, 6) is 1.37. The molecule has 7 heteroatoms. The Morgan fingerprint density at radius 2 is 1.92 bits per heavy atom. The molecule has 136 valence electrons. The lowest BCUT2D eigenvalue weighted by molar-refractivity contribution is 0.143. The quantitative estimate of drug-likeness (QED) is 0.408. The number of thiophene rings is 1. The number of rotatable bonds is 9. The Balaban J connectivity index is 1.76. The van der Waals surface area contributed by atoms with Crippen molar-refractivity contribution in [3.8, 4) is 5.88 Å². The maximum absolute atomic E-state index is 5.46. The maximum Gasteiger partial charge on any atom is 0.213 e. The standard InChI is InChI=1S/C18H26N4O2S/c1-4-15-6-7-16(25-15)13-22-18(19-2)21-12-14-5-8-17(20-11-14)24-10-9-23-3/h5-8,11H,4,9-10,12-13H2,1-3H3,(H2,19,21,22). The molecule has 2 aromatic rings. The van der Waals surface area contributed by atoms with Crippen molar-refractivity contribution >= 4 is 17.3 Å². The first-order chi connectivity index (χ1) is 12.2. The van der Waals surface area contributed by atoms with Gasteiger partial charge in [-0.25, -0.2) is 4.98 Å². The summed E-state index contributed by atoms with van der Waals surface area (Å²) in [6, 6.07) is 8.19. The van der Waals surface area contributed by atoms with Gasteiger partial charge in [-0.3, -0.25) is 4.99 Å². The van der Waals surface area contributed by atoms with Gasteiger partial charge in [-0.1, -0.05) is 13.0 Å². The van der Waals surface area contributed by atoms with Crippen LogP contribution in [0.3, 0.4) is 0 Å². The molecule has 2 aromatic heterocycles. The number of methoxy groups -OCH3 is 1. The Morgan fingerprint density at radius 3 is 2.56 bits per heavy atom. The number of aromatic nitrogens is 1. The highest BCUT2D eigenvalue weighted by atomic mass is 32.1. The fraction of sp³-hybridized carbons (Fsp3) is 0.444. The average Bonchev–Trinajstić information content (AvgIpc) is 3.11. The van der Waals surface area contributed by atoms with Gasteiger partial charge in [0.15, 0.2) is 5.96 Å². The molecule has 2 N–H and O–H groups in total. The lowest BCUT2D eigenvalue weighted by Crippen LogP contribution is -2.36. The molecule has 0 saturated heterocycles. The Labute approximate surface area is 153 Å². The summed E-state index contributed by atoms with van der Waals surface area (Å²) in [4.78, 5) is 11.2. The van der Waals surface area contributed by atoms with E-state index in [9.17, 15) is 0 Å². The van der Waals surface area contributed by atoms with Crippen LogP contribution in [0.1, 0.15) is 22.2 Å². The summed E-state index contributed by atoms with van der Waals surface area (Å²) >= 11 is 1.83. The summed E-state index contributed by atoms with van der Waals surface area (Å²) in [6.07, 6.45) is 2.88. The van der Waals surface area contributed by atoms with E-state index in [4.69, 9.17) is 9.47 Å². The van der Waals surface area contributed by atoms with Gasteiger partial charge in [0.1, 0.15) is 6.61 Å². The van der Waals surface area contributed by atoms with Crippen molar-refractivity contribution in [3.05, 3.63) is 45.8 Å². The second-order valence-corrected chi connectivity index (χ2v) is 6.60. The van der Waals surface area contributed by atoms with Crippen molar-refractivity contribution in [1.29, 1.82) is 0 Å². The van der Waals surface area contributed by atoms with E-state index in [-0.39, 0.29) is 0 Å². The smallest absolute Gasteiger partial charge is 0.213 e. The number of hydrogen-bond donors (Lipinski definition) is 2. The normalized spacial score (nSPS) is 11.4. The van der Waals surface area contributed by atoms with Crippen LogP contribution in [0.15, 0.2) is 35.5 Å². The Kier molecular flexibility index (Phi) is 8.21. The molecule has 0 aliphatic carbocycles. The van der Waals surface area contributed by atoms with E-state index >= 15 is 0 Å². The molecule has 0 radical (unpaired) electrons. The van der Waals surface area contributed by atoms with Gasteiger partial charge < -0.3 is 20.1 Å². The summed E-state index contributed by atoms with van der Waals surface area (Å²) in [6.45, 7) is 4.65. The van der Waals surface area contributed by atoms with Gasteiger partial charge in [0.2, 0.25) is 5.88 Å². The fourth-order valence-electron chi connectivity index (χ4n) is 2.12. The largest absolute Gasteiger partial charge is 0.475 e. The number of guanidine groups is 1. The van der Waals surface area contributed by atoms with E-state index in [1.54, 1.807) is 20.4 Å². The number of hydrogen-bond acceptors (Lipinski definition) is 5. The minimum Gasteiger partial charge on any atom is -0.475 e. The summed E-state index contributed by atoms with van der Waals surface area (Å²) in [5, 5.41) is 6.62. The highest BCUT2D eigenvalue weighted by Gasteiger charge is 2.02. The van der Waals surface area contributed by atoms with Crippen LogP contribution in [-0.2, 0) is 24.2 Å². The molecule has 0 aliphatic heterocycles. The fourth-order valence-corrected chi connectivity index (χ4v) is 3.01. The van der Waals surface area contributed by atoms with Crippen molar-refractivity contribution in [2.45, 2.75) is 26.4 Å². The van der Waals surface area contributed by atoms with E-state index in [0.29, 0.717) is 25.6 Å². The first-order valence-electron chi connectivity index (χ1n) is 8.34. The monoisotopic (exact) mass is 362 g/mol. The highest BCUT2D eigenvalue weighted by molar-refractivity contribution is 7.11. The molecule has 0 bridgehead atoms. The first kappa shape index (κ1) is 19.2. The van der Waals surface area contributed by atoms with E-state index < -0.39 is 0 Å². The van der Waals surface area contributed by atoms with Gasteiger partial charge in [-0.15, -0.1) is 11.3 Å². The molecule has 0 spiro atoms. The molecule has 2 heterocycles. The van der Waals surface area contributed by atoms with E-state index in [2.05, 4.69) is 39.7 Å². The van der Waals surface area contributed by atoms with Crippen LogP contribution in [0, 0.1) is 0 Å². The number of pyridine rings is 1. The van der Waals surface area contributed by atoms with Crippen LogP contribution in [0.5, 0.6) is 5.88 Å². The van der Waals surface area contributed by atoms with Gasteiger partial charge in [0.05, 0.1) is 13.2 Å². The van der Waals surface area contributed by atoms with Crippen molar-refractivity contribution < 1.29 is 9.47 Å². The maximum atomic E-state index is 5.46. The zero-order valence-electron chi connectivity index (χ0n) is 15.0. The van der Waals surface area contributed by atoms with E-state index in [1.165, 1.54) is 9.75 Å². The van der Waals surface area contributed by atoms with Crippen molar-refractivity contribution in [2.24, 2.45) is 4.99 Å². The molecule has 25 heavy (non-hydrogen) atoms. The van der Waals surface area contributed by atoms with Gasteiger partial charge >= 0.3 is 0 Å². The second kappa shape index (κ2) is 10.7. The molecule has 0 saturated carbocycles. The summed E-state index contributed by atoms with van der Waals surface area (Å²) < 4.78 is 10.4. The van der Waals surface area contributed by atoms with Gasteiger partial charge in [0.25, 0.3) is 0 Å². The number of nitrogens with zero attached hydrogens (tertiary/aromatic N) is 2. The molecule has 0 atom stereocenters. The number of aryl methyl sites for hydroxylation is 1.